The second-order valence-electron chi connectivity index (χ2n) is 13.3. The summed E-state index contributed by atoms with van der Waals surface area (Å²) in [6.07, 6.45) is 8.59. The molecule has 0 saturated carbocycles. The topological polar surface area (TPSA) is 80.3 Å². The van der Waals surface area contributed by atoms with Crippen LogP contribution in [0.4, 0.5) is 0 Å². The van der Waals surface area contributed by atoms with E-state index in [2.05, 4.69) is 196 Å². The molecule has 0 atom stereocenters. The van der Waals surface area contributed by atoms with Gasteiger partial charge in [0, 0.05) is 11.9 Å². The molecule has 6 rings (SSSR count). The van der Waals surface area contributed by atoms with E-state index in [0.29, 0.717) is 0 Å². The van der Waals surface area contributed by atoms with E-state index in [0.717, 1.165) is 51.4 Å². The Hall–Kier alpha value is -4.14. The minimum atomic E-state index is -1.98. The predicted molar refractivity (Wildman–Crippen MR) is 235 cm³/mol. The molecule has 6 heteroatoms. The van der Waals surface area contributed by atoms with Crippen molar-refractivity contribution >= 4 is 72.9 Å². The number of carboxylic acids is 2. The normalized spacial score (nSPS) is 9.89. The van der Waals surface area contributed by atoms with Gasteiger partial charge < -0.3 is 19.8 Å². The summed E-state index contributed by atoms with van der Waals surface area (Å²) in [7, 11) is 0. The Morgan fingerprint density at radius 2 is 0.536 bits per heavy atom. The zero-order valence-electron chi connectivity index (χ0n) is 33.0. The van der Waals surface area contributed by atoms with Gasteiger partial charge >= 0.3 is 243 Å². The first-order chi connectivity index (χ1) is 27.4. The molecule has 0 bridgehead atoms. The second kappa shape index (κ2) is 29.1. The summed E-state index contributed by atoms with van der Waals surface area (Å²) in [5.41, 5.74) is 0. The molecule has 0 N–H and O–H groups in total. The van der Waals surface area contributed by atoms with Gasteiger partial charge in [-0.3, -0.25) is 0 Å². The van der Waals surface area contributed by atoms with Gasteiger partial charge in [-0.1, -0.05) is 52.4 Å². The Morgan fingerprint density at radius 3 is 0.696 bits per heavy atom. The molecule has 0 aliphatic carbocycles. The Balaban J connectivity index is 0.000000214. The average Bonchev–Trinajstić information content (AvgIpc) is 3.24. The van der Waals surface area contributed by atoms with Crippen molar-refractivity contribution in [1.29, 1.82) is 0 Å². The van der Waals surface area contributed by atoms with E-state index in [1.165, 1.54) is 21.5 Å². The monoisotopic (exact) mass is 960 g/mol. The van der Waals surface area contributed by atoms with Gasteiger partial charge in [0.05, 0.1) is 0 Å². The van der Waals surface area contributed by atoms with Crippen molar-refractivity contribution in [2.75, 3.05) is 0 Å². The minimum absolute atomic E-state index is 0.222. The van der Waals surface area contributed by atoms with Crippen LogP contribution in [0.1, 0.15) is 78.1 Å². The Labute approximate surface area is 350 Å². The van der Waals surface area contributed by atoms with Gasteiger partial charge in [-0.2, -0.15) is 0 Å². The molecule has 0 aromatic heterocycles. The number of aliphatic carboxylic acids is 2. The number of benzene rings is 6. The van der Waals surface area contributed by atoms with Gasteiger partial charge in [-0.15, -0.1) is 0 Å². The maximum absolute atomic E-state index is 9.85. The van der Waals surface area contributed by atoms with Crippen LogP contribution in [-0.2, 0) is 9.59 Å². The second-order valence-corrected chi connectivity index (χ2v) is 27.5. The molecule has 0 amide bonds. The molecule has 0 heterocycles. The molecule has 0 radical (unpaired) electrons. The number of unbranched alkanes of at least 4 members (excludes halogenated alkanes) is 6. The summed E-state index contributed by atoms with van der Waals surface area (Å²) in [4.78, 5) is 19.7. The van der Waals surface area contributed by atoms with Gasteiger partial charge in [0.2, 0.25) is 0 Å². The number of carbonyl (C=O) groups is 2. The summed E-state index contributed by atoms with van der Waals surface area (Å²) in [5.74, 6) is -1.85. The maximum atomic E-state index is 9.85. The molecule has 6 aromatic rings. The summed E-state index contributed by atoms with van der Waals surface area (Å²) in [6.45, 7) is 4.19. The fourth-order valence-corrected chi connectivity index (χ4v) is 20.7. The Bertz CT molecular complexity index is 1530. The van der Waals surface area contributed by atoms with Crippen LogP contribution in [0.2, 0.25) is 0 Å². The fourth-order valence-electron chi connectivity index (χ4n) is 6.02. The van der Waals surface area contributed by atoms with Gasteiger partial charge in [-0.25, -0.2) is 0 Å². The van der Waals surface area contributed by atoms with Crippen LogP contribution in [0.15, 0.2) is 182 Å². The standard InChI is InChI=1S/2C7H14O2.6C6H5.2Sn/c2*1-2-3-4-5-6-7(8)9;6*1-2-4-6-5-3-1;;/h2*2-6H2,1H3,(H,8,9);6*1-5H;;/q;;;;;;;;2*+1/p-2. The van der Waals surface area contributed by atoms with E-state index in [9.17, 15) is 19.8 Å². The zero-order valence-corrected chi connectivity index (χ0v) is 38.7. The molecule has 0 fully saturated rings. The van der Waals surface area contributed by atoms with Crippen molar-refractivity contribution in [2.24, 2.45) is 0 Å². The van der Waals surface area contributed by atoms with Crippen molar-refractivity contribution in [3.63, 3.8) is 0 Å². The van der Waals surface area contributed by atoms with Crippen LogP contribution in [0.5, 0.6) is 0 Å². The quantitative estimate of drug-likeness (QED) is 0.0907. The van der Waals surface area contributed by atoms with Crippen LogP contribution < -0.4 is 31.7 Å². The molecule has 6 aromatic carbocycles. The van der Waals surface area contributed by atoms with Crippen LogP contribution in [-0.4, -0.2) is 51.5 Å². The average molecular weight is 958 g/mol. The molecule has 0 aliphatic heterocycles. The third-order valence-corrected chi connectivity index (χ3v) is 24.4. The molecular weight excluding hydrogens is 902 g/mol. The first-order valence-electron chi connectivity index (χ1n) is 19.9. The van der Waals surface area contributed by atoms with Crippen molar-refractivity contribution in [1.82, 2.24) is 0 Å². The van der Waals surface area contributed by atoms with E-state index >= 15 is 0 Å². The molecule has 56 heavy (non-hydrogen) atoms. The fraction of sp³-hybridized carbons (Fsp3) is 0.240. The van der Waals surface area contributed by atoms with Crippen LogP contribution in [0.3, 0.4) is 0 Å². The third kappa shape index (κ3) is 18.7. The van der Waals surface area contributed by atoms with Gasteiger partial charge in [0.1, 0.15) is 0 Å². The number of rotatable bonds is 16. The van der Waals surface area contributed by atoms with E-state index in [1.54, 1.807) is 0 Å². The number of carbonyl (C=O) groups excluding carboxylic acids is 2. The van der Waals surface area contributed by atoms with Gasteiger partial charge in [0.25, 0.3) is 0 Å². The summed E-state index contributed by atoms with van der Waals surface area (Å²) < 4.78 is 9.18. The van der Waals surface area contributed by atoms with E-state index in [-0.39, 0.29) is 12.8 Å². The van der Waals surface area contributed by atoms with Crippen molar-refractivity contribution in [2.45, 2.75) is 78.1 Å². The Kier molecular flexibility index (Phi) is 24.1. The van der Waals surface area contributed by atoms with Crippen molar-refractivity contribution in [3.8, 4) is 0 Å². The number of hydrogen-bond donors (Lipinski definition) is 0. The SMILES string of the molecule is CCCCCCC(=O)[O-].CCCCCCC(=O)[O-].c1cc[c]([Sn+]([c]2ccccc2)[c]2ccccc2)cc1.c1cc[c]([Sn+]([c]2ccccc2)[c]2ccccc2)cc1. The molecule has 0 aliphatic rings. The van der Waals surface area contributed by atoms with E-state index in [1.807, 2.05) is 0 Å². The molecule has 0 unspecified atom stereocenters. The van der Waals surface area contributed by atoms with Gasteiger partial charge in [-0.05, 0) is 25.7 Å². The molecule has 4 nitrogen and oxygen atoms in total. The zero-order chi connectivity index (χ0) is 40.1. The number of hydrogen-bond acceptors (Lipinski definition) is 4. The van der Waals surface area contributed by atoms with Crippen molar-refractivity contribution < 1.29 is 19.8 Å². The summed E-state index contributed by atoms with van der Waals surface area (Å²) in [6, 6.07) is 65.9. The van der Waals surface area contributed by atoms with Crippen molar-refractivity contribution in [3.05, 3.63) is 182 Å². The predicted octanol–water partition coefficient (Wildman–Crippen LogP) is 5.82. The molecule has 0 saturated heterocycles. The van der Waals surface area contributed by atoms with E-state index < -0.39 is 51.5 Å². The summed E-state index contributed by atoms with van der Waals surface area (Å²) >= 11 is -3.96. The molecular formula is C50H56O4Sn2. The first-order valence-corrected chi connectivity index (χ1v) is 28.5. The number of carboxylic acid groups (broad SMARTS) is 2. The first kappa shape index (κ1) is 46.2. The molecule has 288 valence electrons. The summed E-state index contributed by atoms with van der Waals surface area (Å²) in [5, 5.41) is 19.7. The molecule has 0 spiro atoms. The van der Waals surface area contributed by atoms with Crippen LogP contribution >= 0.6 is 0 Å². The third-order valence-electron chi connectivity index (χ3n) is 8.84. The Morgan fingerprint density at radius 1 is 0.339 bits per heavy atom. The van der Waals surface area contributed by atoms with Crippen LogP contribution in [0, 0.1) is 0 Å². The van der Waals surface area contributed by atoms with E-state index in [4.69, 9.17) is 0 Å². The van der Waals surface area contributed by atoms with Crippen LogP contribution in [0.25, 0.3) is 0 Å². The van der Waals surface area contributed by atoms with Gasteiger partial charge in [0.15, 0.2) is 0 Å².